The lowest BCUT2D eigenvalue weighted by Gasteiger charge is -2.58. The van der Waals surface area contributed by atoms with Gasteiger partial charge in [-0.05, 0) is 100 Å². The Morgan fingerprint density at radius 3 is 2.72 bits per heavy atom. The van der Waals surface area contributed by atoms with Crippen LogP contribution in [0, 0.1) is 34.5 Å². The number of esters is 1. The molecule has 4 aliphatic carbocycles. The Balaban J connectivity index is 1.45. The molecule has 4 unspecified atom stereocenters. The molecule has 0 amide bonds. The highest BCUT2D eigenvalue weighted by Gasteiger charge is 2.59. The molecule has 4 aliphatic rings. The van der Waals surface area contributed by atoms with Crippen LogP contribution in [0.5, 0.6) is 0 Å². The maximum absolute atomic E-state index is 12.6. The van der Waals surface area contributed by atoms with Crippen molar-refractivity contribution in [3.8, 4) is 0 Å². The first-order chi connectivity index (χ1) is 13.9. The first-order valence-corrected chi connectivity index (χ1v) is 12.3. The van der Waals surface area contributed by atoms with Crippen LogP contribution in [0.3, 0.4) is 0 Å². The van der Waals surface area contributed by atoms with Crippen molar-refractivity contribution in [2.75, 3.05) is 6.61 Å². The number of hydrogen-bond donors (Lipinski definition) is 0. The van der Waals surface area contributed by atoms with E-state index in [2.05, 4.69) is 19.9 Å². The number of ether oxygens (including phenoxy) is 1. The van der Waals surface area contributed by atoms with Gasteiger partial charge < -0.3 is 4.74 Å². The molecule has 0 radical (unpaired) electrons. The highest BCUT2D eigenvalue weighted by Crippen LogP contribution is 2.65. The predicted octanol–water partition coefficient (Wildman–Crippen LogP) is 6.26. The molecule has 0 aromatic carbocycles. The Kier molecular flexibility index (Phi) is 5.97. The molecule has 0 aromatic rings. The van der Waals surface area contributed by atoms with Gasteiger partial charge in [0.25, 0.3) is 0 Å². The largest absolute Gasteiger partial charge is 0.466 e. The van der Waals surface area contributed by atoms with Gasteiger partial charge in [0.15, 0.2) is 0 Å². The molecular formula is C26H40O3. The van der Waals surface area contributed by atoms with Crippen molar-refractivity contribution in [1.29, 1.82) is 0 Å². The van der Waals surface area contributed by atoms with E-state index < -0.39 is 0 Å². The van der Waals surface area contributed by atoms with Crippen molar-refractivity contribution in [3.05, 3.63) is 11.6 Å². The fourth-order valence-corrected chi connectivity index (χ4v) is 7.96. The van der Waals surface area contributed by atoms with E-state index >= 15 is 0 Å². The normalized spacial score (nSPS) is 43.3. The van der Waals surface area contributed by atoms with Crippen molar-refractivity contribution in [1.82, 2.24) is 0 Å². The van der Waals surface area contributed by atoms with Gasteiger partial charge in [-0.15, -0.1) is 0 Å². The summed E-state index contributed by atoms with van der Waals surface area (Å²) in [6.07, 6.45) is 15.8. The van der Waals surface area contributed by atoms with Crippen LogP contribution < -0.4 is 0 Å². The highest BCUT2D eigenvalue weighted by molar-refractivity contribution is 5.87. The van der Waals surface area contributed by atoms with Gasteiger partial charge in [0.1, 0.15) is 5.78 Å². The van der Waals surface area contributed by atoms with Gasteiger partial charge in [-0.25, -0.2) is 0 Å². The van der Waals surface area contributed by atoms with Gasteiger partial charge in [0.2, 0.25) is 0 Å². The third kappa shape index (κ3) is 3.72. The summed E-state index contributed by atoms with van der Waals surface area (Å²) in [6.45, 7) is 7.22. The number of ketones is 1. The average molecular weight is 401 g/mol. The fourth-order valence-electron chi connectivity index (χ4n) is 7.96. The number of rotatable bonds is 4. The van der Waals surface area contributed by atoms with Gasteiger partial charge in [0, 0.05) is 18.3 Å². The molecule has 4 saturated carbocycles. The Hall–Kier alpha value is -1.12. The van der Waals surface area contributed by atoms with E-state index in [-0.39, 0.29) is 11.4 Å². The first-order valence-electron chi connectivity index (χ1n) is 12.3. The molecule has 0 N–H and O–H groups in total. The average Bonchev–Trinajstić information content (AvgIpc) is 2.88. The molecule has 3 nitrogen and oxygen atoms in total. The summed E-state index contributed by atoms with van der Waals surface area (Å²) in [5.41, 5.74) is 2.01. The van der Waals surface area contributed by atoms with Gasteiger partial charge >= 0.3 is 5.97 Å². The molecule has 4 rings (SSSR count). The molecule has 162 valence electrons. The zero-order chi connectivity index (χ0) is 20.6. The molecule has 29 heavy (non-hydrogen) atoms. The minimum absolute atomic E-state index is 0.00669. The third-order valence-electron chi connectivity index (χ3n) is 9.58. The Bertz CT molecular complexity index is 679. The van der Waals surface area contributed by atoms with Crippen LogP contribution in [0.2, 0.25) is 0 Å². The molecule has 0 aliphatic heterocycles. The molecule has 3 heteroatoms. The van der Waals surface area contributed by atoms with Crippen molar-refractivity contribution in [3.63, 3.8) is 0 Å². The smallest absolute Gasteiger partial charge is 0.306 e. The Morgan fingerprint density at radius 1 is 1.10 bits per heavy atom. The second kappa shape index (κ2) is 8.19. The van der Waals surface area contributed by atoms with Gasteiger partial charge in [-0.2, -0.15) is 0 Å². The van der Waals surface area contributed by atoms with E-state index in [1.165, 1.54) is 44.9 Å². The minimum Gasteiger partial charge on any atom is -0.466 e. The van der Waals surface area contributed by atoms with E-state index in [4.69, 9.17) is 4.74 Å². The Morgan fingerprint density at radius 2 is 1.93 bits per heavy atom. The summed E-state index contributed by atoms with van der Waals surface area (Å²) < 4.78 is 5.07. The van der Waals surface area contributed by atoms with Crippen LogP contribution >= 0.6 is 0 Å². The predicted molar refractivity (Wildman–Crippen MR) is 115 cm³/mol. The monoisotopic (exact) mass is 400 g/mol. The van der Waals surface area contributed by atoms with E-state index in [9.17, 15) is 9.59 Å². The van der Waals surface area contributed by atoms with Crippen molar-refractivity contribution >= 4 is 11.8 Å². The standard InChI is InChI=1S/C26H40O3/c1-4-29-24(28)9-5-7-18-8-6-15-25(2)19(17-18)10-11-20-21-12-13-23(27)26(21,3)16-14-22(20)25/h7,19-22H,4-6,8-17H2,1-3H3/b18-7-/t19?,20?,21?,22?,25-,26-/m0/s1. The summed E-state index contributed by atoms with van der Waals surface area (Å²) in [4.78, 5) is 24.3. The number of allylic oxidation sites excluding steroid dienone is 2. The van der Waals surface area contributed by atoms with Gasteiger partial charge in [-0.1, -0.05) is 25.5 Å². The topological polar surface area (TPSA) is 43.4 Å². The van der Waals surface area contributed by atoms with Crippen LogP contribution in [-0.2, 0) is 14.3 Å². The van der Waals surface area contributed by atoms with Crippen LogP contribution in [0.25, 0.3) is 0 Å². The van der Waals surface area contributed by atoms with Gasteiger partial charge in [-0.3, -0.25) is 9.59 Å². The van der Waals surface area contributed by atoms with Gasteiger partial charge in [0.05, 0.1) is 6.61 Å². The quantitative estimate of drug-likeness (QED) is 0.413. The summed E-state index contributed by atoms with van der Waals surface area (Å²) in [6, 6.07) is 0. The van der Waals surface area contributed by atoms with Crippen LogP contribution in [0.1, 0.15) is 97.8 Å². The summed E-state index contributed by atoms with van der Waals surface area (Å²) in [7, 11) is 0. The van der Waals surface area contributed by atoms with E-state index in [1.54, 1.807) is 5.57 Å². The first kappa shape index (κ1) is 21.1. The van der Waals surface area contributed by atoms with Crippen molar-refractivity contribution in [2.24, 2.45) is 34.5 Å². The maximum atomic E-state index is 12.6. The number of fused-ring (bicyclic) bond motifs is 5. The second-order valence-electron chi connectivity index (χ2n) is 10.8. The molecule has 4 fully saturated rings. The summed E-state index contributed by atoms with van der Waals surface area (Å²) in [5.74, 6) is 3.50. The number of Topliss-reactive ketones (excluding diaryl/α,β-unsaturated/α-hetero) is 1. The molecule has 0 spiro atoms. The molecule has 0 saturated heterocycles. The van der Waals surface area contributed by atoms with E-state index in [0.29, 0.717) is 30.1 Å². The number of carbonyl (C=O) groups is 2. The molecule has 0 heterocycles. The highest BCUT2D eigenvalue weighted by atomic mass is 16.5. The number of hydrogen-bond acceptors (Lipinski definition) is 3. The fraction of sp³-hybridized carbons (Fsp3) is 0.846. The Labute approximate surface area is 177 Å². The summed E-state index contributed by atoms with van der Waals surface area (Å²) in [5, 5.41) is 0. The zero-order valence-electron chi connectivity index (χ0n) is 18.8. The third-order valence-corrected chi connectivity index (χ3v) is 9.58. The summed E-state index contributed by atoms with van der Waals surface area (Å²) >= 11 is 0. The van der Waals surface area contributed by atoms with E-state index in [0.717, 1.165) is 43.4 Å². The molecular weight excluding hydrogens is 360 g/mol. The van der Waals surface area contributed by atoms with E-state index in [1.807, 2.05) is 6.92 Å². The van der Waals surface area contributed by atoms with Crippen LogP contribution in [0.4, 0.5) is 0 Å². The van der Waals surface area contributed by atoms with Crippen molar-refractivity contribution in [2.45, 2.75) is 97.8 Å². The molecule has 0 bridgehead atoms. The lowest BCUT2D eigenvalue weighted by Crippen LogP contribution is -2.51. The zero-order valence-corrected chi connectivity index (χ0v) is 18.8. The molecule has 6 atom stereocenters. The van der Waals surface area contributed by atoms with Crippen LogP contribution in [0.15, 0.2) is 11.6 Å². The van der Waals surface area contributed by atoms with Crippen molar-refractivity contribution < 1.29 is 14.3 Å². The lowest BCUT2D eigenvalue weighted by molar-refractivity contribution is -0.143. The molecule has 0 aromatic heterocycles. The minimum atomic E-state index is -0.0697. The maximum Gasteiger partial charge on any atom is 0.306 e. The second-order valence-corrected chi connectivity index (χ2v) is 10.8. The number of carbonyl (C=O) groups excluding carboxylic acids is 2. The van der Waals surface area contributed by atoms with Crippen LogP contribution in [-0.4, -0.2) is 18.4 Å². The SMILES string of the molecule is CCOC(=O)CC/C=C1/CCC[C@@]2(C)C(CCC3C2CC[C@]2(C)C(=O)CCC32)C1. The lowest BCUT2D eigenvalue weighted by atomic mass is 9.47.